The third-order valence-electron chi connectivity index (χ3n) is 1.89. The molecule has 1 rings (SSSR count). The third kappa shape index (κ3) is 3.69. The number of nitrogens with zero attached hydrogens (tertiary/aromatic N) is 4. The van der Waals surface area contributed by atoms with Crippen LogP contribution < -0.4 is 5.32 Å². The van der Waals surface area contributed by atoms with E-state index >= 15 is 0 Å². The fraction of sp³-hybridized carbons (Fsp3) is 0.300. The minimum Gasteiger partial charge on any atom is -0.298 e. The van der Waals surface area contributed by atoms with E-state index in [2.05, 4.69) is 21.4 Å². The van der Waals surface area contributed by atoms with Crippen LogP contribution in [0.5, 0.6) is 0 Å². The predicted molar refractivity (Wildman–Crippen MR) is 56.8 cm³/mol. The molecule has 0 aliphatic heterocycles. The normalized spacial score (nSPS) is 11.1. The highest BCUT2D eigenvalue weighted by atomic mass is 15.1. The minimum atomic E-state index is -0.347. The molecule has 0 aliphatic carbocycles. The van der Waals surface area contributed by atoms with Crippen LogP contribution in [0.1, 0.15) is 11.6 Å². The molecule has 1 aromatic rings. The molecule has 1 aromatic carbocycles. The van der Waals surface area contributed by atoms with Crippen LogP contribution in [-0.2, 0) is 0 Å². The van der Waals surface area contributed by atoms with Crippen molar-refractivity contribution in [2.24, 2.45) is 5.11 Å². The van der Waals surface area contributed by atoms with E-state index < -0.39 is 0 Å². The highest BCUT2D eigenvalue weighted by Crippen LogP contribution is 2.10. The summed E-state index contributed by atoms with van der Waals surface area (Å²) in [6.45, 7) is 0.846. The first-order valence-corrected chi connectivity index (χ1v) is 4.57. The predicted octanol–water partition coefficient (Wildman–Crippen LogP) is 2.15. The Kier molecular flexibility index (Phi) is 4.74. The first kappa shape index (κ1) is 11.1. The lowest BCUT2D eigenvalue weighted by molar-refractivity contribution is 0.635. The first-order valence-electron chi connectivity index (χ1n) is 4.57. The maximum Gasteiger partial charge on any atom is 0.121 e. The van der Waals surface area contributed by atoms with Gasteiger partial charge in [0.2, 0.25) is 0 Å². The van der Waals surface area contributed by atoms with Gasteiger partial charge in [-0.15, -0.1) is 0 Å². The fourth-order valence-electron chi connectivity index (χ4n) is 1.19. The molecule has 0 saturated heterocycles. The summed E-state index contributed by atoms with van der Waals surface area (Å²) in [4.78, 5) is 2.63. The lowest BCUT2D eigenvalue weighted by Gasteiger charge is -2.09. The van der Waals surface area contributed by atoms with Crippen molar-refractivity contribution in [2.75, 3.05) is 13.1 Å². The second-order valence-electron chi connectivity index (χ2n) is 2.88. The van der Waals surface area contributed by atoms with Gasteiger partial charge in [-0.25, -0.2) is 0 Å². The van der Waals surface area contributed by atoms with Crippen molar-refractivity contribution >= 4 is 0 Å². The Morgan fingerprint density at radius 3 is 2.80 bits per heavy atom. The van der Waals surface area contributed by atoms with Crippen molar-refractivity contribution in [3.63, 3.8) is 0 Å². The number of benzene rings is 1. The number of hydrogen-bond donors (Lipinski definition) is 1. The van der Waals surface area contributed by atoms with Crippen molar-refractivity contribution in [2.45, 2.75) is 6.04 Å². The van der Waals surface area contributed by atoms with Crippen LogP contribution in [0.4, 0.5) is 0 Å². The summed E-state index contributed by atoms with van der Waals surface area (Å²) in [5.74, 6) is 0. The van der Waals surface area contributed by atoms with E-state index in [1.165, 1.54) is 0 Å². The maximum atomic E-state index is 8.92. The lowest BCUT2D eigenvalue weighted by Crippen LogP contribution is -2.22. The van der Waals surface area contributed by atoms with Crippen molar-refractivity contribution in [1.82, 2.24) is 5.32 Å². The highest BCUT2D eigenvalue weighted by Gasteiger charge is 2.07. The molecular weight excluding hydrogens is 190 g/mol. The van der Waals surface area contributed by atoms with Crippen LogP contribution in [0.15, 0.2) is 35.4 Å². The summed E-state index contributed by atoms with van der Waals surface area (Å²) in [7, 11) is 0. The largest absolute Gasteiger partial charge is 0.298 e. The Bertz CT molecular complexity index is 375. The molecule has 0 amide bonds. The van der Waals surface area contributed by atoms with Gasteiger partial charge < -0.3 is 0 Å². The Balaban J connectivity index is 2.51. The molecule has 0 heterocycles. The second-order valence-corrected chi connectivity index (χ2v) is 2.88. The quantitative estimate of drug-likeness (QED) is 0.342. The number of azide groups is 1. The van der Waals surface area contributed by atoms with Crippen LogP contribution in [0.25, 0.3) is 10.4 Å². The number of hydrogen-bond acceptors (Lipinski definition) is 3. The van der Waals surface area contributed by atoms with Crippen LogP contribution in [0.3, 0.4) is 0 Å². The molecule has 5 nitrogen and oxygen atoms in total. The van der Waals surface area contributed by atoms with Crippen LogP contribution >= 0.6 is 0 Å². The second kappa shape index (κ2) is 6.44. The zero-order chi connectivity index (χ0) is 10.9. The molecule has 0 aromatic heterocycles. The molecule has 5 heteroatoms. The SMILES string of the molecule is N#CC(NCCN=[N+]=[N-])c1ccccc1. The fourth-order valence-corrected chi connectivity index (χ4v) is 1.19. The van der Waals surface area contributed by atoms with Crippen LogP contribution in [0, 0.1) is 11.3 Å². The van der Waals surface area contributed by atoms with Gasteiger partial charge in [0.05, 0.1) is 6.07 Å². The van der Waals surface area contributed by atoms with Gasteiger partial charge in [-0.1, -0.05) is 35.4 Å². The van der Waals surface area contributed by atoms with Gasteiger partial charge in [-0.2, -0.15) is 5.26 Å². The van der Waals surface area contributed by atoms with Crippen LogP contribution in [0.2, 0.25) is 0 Å². The summed E-state index contributed by atoms with van der Waals surface area (Å²) in [5, 5.41) is 15.3. The Labute approximate surface area is 88.0 Å². The van der Waals surface area contributed by atoms with Crippen molar-refractivity contribution in [1.29, 1.82) is 5.26 Å². The topological polar surface area (TPSA) is 84.6 Å². The molecule has 0 saturated carbocycles. The number of rotatable bonds is 5. The van der Waals surface area contributed by atoms with Crippen molar-refractivity contribution in [3.05, 3.63) is 46.3 Å². The molecule has 0 aliphatic rings. The number of nitrogens with one attached hydrogen (secondary N) is 1. The van der Waals surface area contributed by atoms with E-state index in [0.29, 0.717) is 13.1 Å². The molecule has 76 valence electrons. The van der Waals surface area contributed by atoms with E-state index in [0.717, 1.165) is 5.56 Å². The first-order chi connectivity index (χ1) is 7.38. The molecule has 15 heavy (non-hydrogen) atoms. The van der Waals surface area contributed by atoms with E-state index in [1.54, 1.807) is 0 Å². The molecular formula is C10H11N5. The van der Waals surface area contributed by atoms with E-state index in [-0.39, 0.29) is 6.04 Å². The van der Waals surface area contributed by atoms with E-state index in [4.69, 9.17) is 10.8 Å². The Hall–Kier alpha value is -2.02. The average Bonchev–Trinajstić information content (AvgIpc) is 2.30. The maximum absolute atomic E-state index is 8.92. The van der Waals surface area contributed by atoms with E-state index in [1.807, 2.05) is 30.3 Å². The standard InChI is InChI=1S/C10H11N5/c11-8-10(13-6-7-14-15-12)9-4-2-1-3-5-9/h1-5,10,13H,6-7H2. The molecule has 1 N–H and O–H groups in total. The zero-order valence-corrected chi connectivity index (χ0v) is 8.17. The smallest absolute Gasteiger partial charge is 0.121 e. The summed E-state index contributed by atoms with van der Waals surface area (Å²) in [6.07, 6.45) is 0. The summed E-state index contributed by atoms with van der Waals surface area (Å²) < 4.78 is 0. The van der Waals surface area contributed by atoms with Crippen molar-refractivity contribution in [3.8, 4) is 6.07 Å². The summed E-state index contributed by atoms with van der Waals surface area (Å²) in [6, 6.07) is 11.2. The Morgan fingerprint density at radius 2 is 2.20 bits per heavy atom. The molecule has 0 bridgehead atoms. The average molecular weight is 201 g/mol. The van der Waals surface area contributed by atoms with Gasteiger partial charge in [0.1, 0.15) is 6.04 Å². The summed E-state index contributed by atoms with van der Waals surface area (Å²) in [5.41, 5.74) is 8.99. The summed E-state index contributed by atoms with van der Waals surface area (Å²) >= 11 is 0. The zero-order valence-electron chi connectivity index (χ0n) is 8.17. The van der Waals surface area contributed by atoms with Gasteiger partial charge in [-0.05, 0) is 11.1 Å². The lowest BCUT2D eigenvalue weighted by atomic mass is 10.1. The molecule has 1 atom stereocenters. The van der Waals surface area contributed by atoms with Gasteiger partial charge in [0.15, 0.2) is 0 Å². The highest BCUT2D eigenvalue weighted by molar-refractivity contribution is 5.23. The van der Waals surface area contributed by atoms with E-state index in [9.17, 15) is 0 Å². The minimum absolute atomic E-state index is 0.347. The van der Waals surface area contributed by atoms with Crippen molar-refractivity contribution < 1.29 is 0 Å². The van der Waals surface area contributed by atoms with Gasteiger partial charge >= 0.3 is 0 Å². The van der Waals surface area contributed by atoms with Gasteiger partial charge in [-0.3, -0.25) is 5.32 Å². The molecule has 0 radical (unpaired) electrons. The molecule has 0 spiro atoms. The Morgan fingerprint density at radius 1 is 1.47 bits per heavy atom. The van der Waals surface area contributed by atoms with Gasteiger partial charge in [0, 0.05) is 18.0 Å². The van der Waals surface area contributed by atoms with Gasteiger partial charge in [0.25, 0.3) is 0 Å². The third-order valence-corrected chi connectivity index (χ3v) is 1.89. The molecule has 0 fully saturated rings. The molecule has 1 unspecified atom stereocenters. The monoisotopic (exact) mass is 201 g/mol. The number of nitriles is 1. The van der Waals surface area contributed by atoms with Crippen LogP contribution in [-0.4, -0.2) is 13.1 Å².